The maximum atomic E-state index is 9.91. The maximum Gasteiger partial charge on any atom is 0.109 e. The van der Waals surface area contributed by atoms with Crippen LogP contribution in [0.1, 0.15) is 38.4 Å². The summed E-state index contributed by atoms with van der Waals surface area (Å²) in [5, 5.41) is 9.91. The van der Waals surface area contributed by atoms with Crippen molar-refractivity contribution in [3.63, 3.8) is 0 Å². The molecule has 1 aliphatic carbocycles. The molecule has 0 spiro atoms. The molecule has 102 valence electrons. The first-order valence-corrected chi connectivity index (χ1v) is 7.41. The SMILES string of the molecule is CCn1c(CCCC(O)C2CC2)nc2ccccc21. The van der Waals surface area contributed by atoms with E-state index in [1.54, 1.807) is 0 Å². The molecule has 1 atom stereocenters. The van der Waals surface area contributed by atoms with Gasteiger partial charge in [-0.25, -0.2) is 4.98 Å². The average Bonchev–Trinajstić information content (AvgIpc) is 3.20. The molecule has 0 radical (unpaired) electrons. The van der Waals surface area contributed by atoms with Gasteiger partial charge >= 0.3 is 0 Å². The van der Waals surface area contributed by atoms with Gasteiger partial charge in [-0.2, -0.15) is 0 Å². The van der Waals surface area contributed by atoms with Crippen molar-refractivity contribution in [2.45, 2.75) is 51.7 Å². The molecule has 3 nitrogen and oxygen atoms in total. The summed E-state index contributed by atoms with van der Waals surface area (Å²) in [7, 11) is 0. The summed E-state index contributed by atoms with van der Waals surface area (Å²) in [5.41, 5.74) is 2.31. The first-order valence-electron chi connectivity index (χ1n) is 7.41. The van der Waals surface area contributed by atoms with E-state index < -0.39 is 0 Å². The third-order valence-corrected chi connectivity index (χ3v) is 4.12. The first-order chi connectivity index (χ1) is 9.29. The highest BCUT2D eigenvalue weighted by Gasteiger charge is 2.29. The summed E-state index contributed by atoms with van der Waals surface area (Å²) < 4.78 is 2.29. The van der Waals surface area contributed by atoms with Gasteiger partial charge in [0.25, 0.3) is 0 Å². The van der Waals surface area contributed by atoms with E-state index in [0.29, 0.717) is 5.92 Å². The minimum atomic E-state index is -0.0838. The largest absolute Gasteiger partial charge is 0.393 e. The van der Waals surface area contributed by atoms with Gasteiger partial charge in [-0.1, -0.05) is 12.1 Å². The number of aliphatic hydroxyl groups excluding tert-OH is 1. The van der Waals surface area contributed by atoms with Gasteiger partial charge in [0.2, 0.25) is 0 Å². The fourth-order valence-electron chi connectivity index (χ4n) is 2.86. The summed E-state index contributed by atoms with van der Waals surface area (Å²) in [4.78, 5) is 4.72. The fourth-order valence-corrected chi connectivity index (χ4v) is 2.86. The Morgan fingerprint density at radius 1 is 1.37 bits per heavy atom. The molecule has 1 N–H and O–H groups in total. The molecule has 0 aliphatic heterocycles. The van der Waals surface area contributed by atoms with Gasteiger partial charge in [0, 0.05) is 13.0 Å². The maximum absolute atomic E-state index is 9.91. The Bertz CT molecular complexity index is 557. The Morgan fingerprint density at radius 3 is 2.89 bits per heavy atom. The number of hydrogen-bond acceptors (Lipinski definition) is 2. The lowest BCUT2D eigenvalue weighted by Crippen LogP contribution is -2.10. The average molecular weight is 258 g/mol. The monoisotopic (exact) mass is 258 g/mol. The van der Waals surface area contributed by atoms with Crippen molar-refractivity contribution in [2.24, 2.45) is 5.92 Å². The third kappa shape index (κ3) is 2.66. The van der Waals surface area contributed by atoms with Crippen molar-refractivity contribution < 1.29 is 5.11 Å². The summed E-state index contributed by atoms with van der Waals surface area (Å²) in [6.45, 7) is 3.12. The molecular weight excluding hydrogens is 236 g/mol. The van der Waals surface area contributed by atoms with Gasteiger partial charge < -0.3 is 9.67 Å². The molecular formula is C16H22N2O. The Hall–Kier alpha value is -1.35. The van der Waals surface area contributed by atoms with E-state index in [0.717, 1.165) is 37.1 Å². The van der Waals surface area contributed by atoms with Gasteiger partial charge in [0.1, 0.15) is 5.82 Å². The van der Waals surface area contributed by atoms with Crippen LogP contribution in [0.5, 0.6) is 0 Å². The zero-order chi connectivity index (χ0) is 13.2. The number of nitrogens with zero attached hydrogens (tertiary/aromatic N) is 2. The minimum absolute atomic E-state index is 0.0838. The second-order valence-electron chi connectivity index (χ2n) is 5.56. The summed E-state index contributed by atoms with van der Waals surface area (Å²) in [6, 6.07) is 8.31. The lowest BCUT2D eigenvalue weighted by Gasteiger charge is -2.09. The van der Waals surface area contributed by atoms with Crippen molar-refractivity contribution in [3.8, 4) is 0 Å². The molecule has 1 aromatic heterocycles. The predicted molar refractivity (Wildman–Crippen MR) is 77.1 cm³/mol. The molecule has 2 aromatic rings. The molecule has 1 aromatic carbocycles. The number of fused-ring (bicyclic) bond motifs is 1. The summed E-state index contributed by atoms with van der Waals surface area (Å²) in [5.74, 6) is 1.75. The van der Waals surface area contributed by atoms with E-state index in [1.807, 2.05) is 6.07 Å². The van der Waals surface area contributed by atoms with Crippen molar-refractivity contribution >= 4 is 11.0 Å². The van der Waals surface area contributed by atoms with Crippen LogP contribution in [0.3, 0.4) is 0 Å². The molecule has 1 aliphatic rings. The standard InChI is InChI=1S/C16H22N2O/c1-2-18-14-7-4-3-6-13(14)17-16(18)9-5-8-15(19)12-10-11-12/h3-4,6-7,12,15,19H,2,5,8-11H2,1H3. The van der Waals surface area contributed by atoms with Crippen LogP contribution in [0.4, 0.5) is 0 Å². The second-order valence-corrected chi connectivity index (χ2v) is 5.56. The van der Waals surface area contributed by atoms with Gasteiger partial charge in [-0.3, -0.25) is 0 Å². The quantitative estimate of drug-likeness (QED) is 0.864. The number of aryl methyl sites for hydroxylation is 2. The molecule has 0 bridgehead atoms. The molecule has 1 heterocycles. The van der Waals surface area contributed by atoms with E-state index in [-0.39, 0.29) is 6.10 Å². The van der Waals surface area contributed by atoms with E-state index in [4.69, 9.17) is 4.98 Å². The molecule has 1 unspecified atom stereocenters. The van der Waals surface area contributed by atoms with Crippen LogP contribution in [0.2, 0.25) is 0 Å². The molecule has 0 amide bonds. The van der Waals surface area contributed by atoms with Crippen LogP contribution < -0.4 is 0 Å². The number of rotatable bonds is 6. The van der Waals surface area contributed by atoms with Crippen LogP contribution in [-0.2, 0) is 13.0 Å². The van der Waals surface area contributed by atoms with Crippen molar-refractivity contribution in [3.05, 3.63) is 30.1 Å². The number of para-hydroxylation sites is 2. The number of aromatic nitrogens is 2. The van der Waals surface area contributed by atoms with Crippen LogP contribution in [0.15, 0.2) is 24.3 Å². The lowest BCUT2D eigenvalue weighted by atomic mass is 10.1. The first kappa shape index (κ1) is 12.7. The minimum Gasteiger partial charge on any atom is -0.393 e. The molecule has 1 fully saturated rings. The Balaban J connectivity index is 1.69. The normalized spacial score (nSPS) is 16.9. The number of benzene rings is 1. The number of aliphatic hydroxyl groups is 1. The topological polar surface area (TPSA) is 38.0 Å². The van der Waals surface area contributed by atoms with E-state index in [9.17, 15) is 5.11 Å². The van der Waals surface area contributed by atoms with Crippen LogP contribution in [0.25, 0.3) is 11.0 Å². The second kappa shape index (κ2) is 5.33. The highest BCUT2D eigenvalue weighted by Crippen LogP contribution is 2.34. The number of hydrogen-bond donors (Lipinski definition) is 1. The lowest BCUT2D eigenvalue weighted by molar-refractivity contribution is 0.139. The smallest absolute Gasteiger partial charge is 0.109 e. The van der Waals surface area contributed by atoms with Crippen molar-refractivity contribution in [1.82, 2.24) is 9.55 Å². The molecule has 3 rings (SSSR count). The zero-order valence-electron chi connectivity index (χ0n) is 11.5. The summed E-state index contributed by atoms with van der Waals surface area (Å²) in [6.07, 6.45) is 5.26. The Kier molecular flexibility index (Phi) is 3.56. The van der Waals surface area contributed by atoms with E-state index in [1.165, 1.54) is 18.4 Å². The van der Waals surface area contributed by atoms with Gasteiger partial charge in [-0.15, -0.1) is 0 Å². The van der Waals surface area contributed by atoms with Crippen molar-refractivity contribution in [1.29, 1.82) is 0 Å². The van der Waals surface area contributed by atoms with Crippen LogP contribution >= 0.6 is 0 Å². The highest BCUT2D eigenvalue weighted by atomic mass is 16.3. The Morgan fingerprint density at radius 2 is 2.16 bits per heavy atom. The van der Waals surface area contributed by atoms with E-state index >= 15 is 0 Å². The van der Waals surface area contributed by atoms with E-state index in [2.05, 4.69) is 29.7 Å². The van der Waals surface area contributed by atoms with Crippen molar-refractivity contribution in [2.75, 3.05) is 0 Å². The van der Waals surface area contributed by atoms with Gasteiger partial charge in [0.05, 0.1) is 17.1 Å². The number of imidazole rings is 1. The zero-order valence-corrected chi connectivity index (χ0v) is 11.5. The Labute approximate surface area is 114 Å². The summed E-state index contributed by atoms with van der Waals surface area (Å²) >= 11 is 0. The molecule has 19 heavy (non-hydrogen) atoms. The molecule has 3 heteroatoms. The van der Waals surface area contributed by atoms with Crippen LogP contribution in [-0.4, -0.2) is 20.8 Å². The fraction of sp³-hybridized carbons (Fsp3) is 0.562. The predicted octanol–water partition coefficient (Wildman–Crippen LogP) is 3.15. The van der Waals surface area contributed by atoms with Gasteiger partial charge in [-0.05, 0) is 50.7 Å². The van der Waals surface area contributed by atoms with Crippen LogP contribution in [0, 0.1) is 5.92 Å². The highest BCUT2D eigenvalue weighted by molar-refractivity contribution is 5.75. The molecule has 0 saturated heterocycles. The van der Waals surface area contributed by atoms with Gasteiger partial charge in [0.15, 0.2) is 0 Å². The molecule has 1 saturated carbocycles. The third-order valence-electron chi connectivity index (χ3n) is 4.12.